The second-order valence-electron chi connectivity index (χ2n) is 5.02. The molecule has 0 fully saturated rings. The lowest BCUT2D eigenvalue weighted by molar-refractivity contribution is -0.673. The van der Waals surface area contributed by atoms with Crippen molar-refractivity contribution in [2.24, 2.45) is 7.05 Å². The van der Waals surface area contributed by atoms with E-state index in [9.17, 15) is 0 Å². The van der Waals surface area contributed by atoms with E-state index < -0.39 is 0 Å². The van der Waals surface area contributed by atoms with Crippen LogP contribution < -0.4 is 9.47 Å². The summed E-state index contributed by atoms with van der Waals surface area (Å²) >= 11 is 0. The van der Waals surface area contributed by atoms with Gasteiger partial charge in [0.1, 0.15) is 7.05 Å². The van der Waals surface area contributed by atoms with E-state index in [1.54, 1.807) is 0 Å². The minimum absolute atomic E-state index is 1.12. The van der Waals surface area contributed by atoms with Crippen LogP contribution in [0.15, 0.2) is 49.2 Å². The SMILES string of the molecule is C=Cc1ccc(C=Cc2ccc(N(C)C)cc2)[n+](C)c1. The van der Waals surface area contributed by atoms with Gasteiger partial charge >= 0.3 is 0 Å². The highest BCUT2D eigenvalue weighted by atomic mass is 15.1. The van der Waals surface area contributed by atoms with Gasteiger partial charge < -0.3 is 4.90 Å². The largest absolute Gasteiger partial charge is 0.378 e. The number of nitrogens with zero attached hydrogens (tertiary/aromatic N) is 2. The van der Waals surface area contributed by atoms with E-state index in [1.165, 1.54) is 11.3 Å². The third-order valence-corrected chi connectivity index (χ3v) is 3.29. The maximum atomic E-state index is 3.78. The minimum atomic E-state index is 1.12. The Balaban J connectivity index is 2.18. The lowest BCUT2D eigenvalue weighted by atomic mass is 10.1. The molecule has 0 aliphatic carbocycles. The molecule has 0 unspecified atom stereocenters. The van der Waals surface area contributed by atoms with Crippen LogP contribution in [0.25, 0.3) is 18.2 Å². The van der Waals surface area contributed by atoms with Crippen LogP contribution in [0.4, 0.5) is 5.69 Å². The van der Waals surface area contributed by atoms with E-state index in [-0.39, 0.29) is 0 Å². The van der Waals surface area contributed by atoms with Crippen LogP contribution in [0.1, 0.15) is 16.8 Å². The minimum Gasteiger partial charge on any atom is -0.378 e. The molecular weight excluding hydrogens is 244 g/mol. The van der Waals surface area contributed by atoms with Gasteiger partial charge in [0.2, 0.25) is 5.69 Å². The van der Waals surface area contributed by atoms with Crippen LogP contribution in [0.5, 0.6) is 0 Å². The molecule has 0 saturated heterocycles. The molecule has 0 N–H and O–H groups in total. The first-order valence-electron chi connectivity index (χ1n) is 6.68. The van der Waals surface area contributed by atoms with Gasteiger partial charge in [0, 0.05) is 37.5 Å². The summed E-state index contributed by atoms with van der Waals surface area (Å²) in [6.45, 7) is 3.78. The first-order valence-corrected chi connectivity index (χ1v) is 6.68. The van der Waals surface area contributed by atoms with Crippen LogP contribution in [0.3, 0.4) is 0 Å². The molecule has 1 aromatic carbocycles. The average molecular weight is 265 g/mol. The van der Waals surface area contributed by atoms with Crippen molar-refractivity contribution in [1.29, 1.82) is 0 Å². The number of pyridine rings is 1. The zero-order valence-electron chi connectivity index (χ0n) is 12.4. The lowest BCUT2D eigenvalue weighted by Crippen LogP contribution is -2.31. The number of rotatable bonds is 4. The molecule has 2 heteroatoms. The maximum absolute atomic E-state index is 3.78. The highest BCUT2D eigenvalue weighted by Gasteiger charge is 2.02. The van der Waals surface area contributed by atoms with Crippen molar-refractivity contribution in [3.8, 4) is 0 Å². The van der Waals surface area contributed by atoms with Crippen molar-refractivity contribution in [2.75, 3.05) is 19.0 Å². The molecule has 1 aromatic heterocycles. The Morgan fingerprint density at radius 1 is 0.950 bits per heavy atom. The Morgan fingerprint density at radius 3 is 2.15 bits per heavy atom. The summed E-state index contributed by atoms with van der Waals surface area (Å²) in [5.41, 5.74) is 4.69. The van der Waals surface area contributed by atoms with Crippen molar-refractivity contribution in [3.63, 3.8) is 0 Å². The number of aromatic nitrogens is 1. The number of hydrogen-bond acceptors (Lipinski definition) is 1. The number of aryl methyl sites for hydroxylation is 1. The molecule has 2 rings (SSSR count). The van der Waals surface area contributed by atoms with Gasteiger partial charge in [-0.05, 0) is 29.8 Å². The molecule has 20 heavy (non-hydrogen) atoms. The molecule has 102 valence electrons. The van der Waals surface area contributed by atoms with Gasteiger partial charge in [-0.3, -0.25) is 0 Å². The second kappa shape index (κ2) is 6.20. The molecule has 0 spiro atoms. The van der Waals surface area contributed by atoms with Gasteiger partial charge in [-0.1, -0.05) is 24.8 Å². The van der Waals surface area contributed by atoms with E-state index in [0.717, 1.165) is 11.3 Å². The molecule has 0 aliphatic heterocycles. The molecule has 1 heterocycles. The fourth-order valence-electron chi connectivity index (χ4n) is 2.00. The van der Waals surface area contributed by atoms with Crippen LogP contribution in [-0.2, 0) is 7.05 Å². The Kier molecular flexibility index (Phi) is 4.36. The first kappa shape index (κ1) is 14.1. The normalized spacial score (nSPS) is 10.8. The van der Waals surface area contributed by atoms with E-state index in [0.29, 0.717) is 0 Å². The van der Waals surface area contributed by atoms with Crippen LogP contribution >= 0.6 is 0 Å². The highest BCUT2D eigenvalue weighted by Crippen LogP contribution is 2.14. The second-order valence-corrected chi connectivity index (χ2v) is 5.02. The topological polar surface area (TPSA) is 7.12 Å². The van der Waals surface area contributed by atoms with Crippen molar-refractivity contribution < 1.29 is 4.57 Å². The first-order chi connectivity index (χ1) is 9.60. The van der Waals surface area contributed by atoms with E-state index in [2.05, 4.69) is 70.8 Å². The van der Waals surface area contributed by atoms with Crippen molar-refractivity contribution in [1.82, 2.24) is 0 Å². The standard InChI is InChI=1S/C18H21N2/c1-5-15-6-12-18(20(4)14-15)13-9-16-7-10-17(11-8-16)19(2)3/h5-14H,1H2,2-4H3/q+1. The van der Waals surface area contributed by atoms with Crippen LogP contribution in [0, 0.1) is 0 Å². The zero-order chi connectivity index (χ0) is 14.5. The summed E-state index contributed by atoms with van der Waals surface area (Å²) in [6, 6.07) is 12.7. The molecule has 0 radical (unpaired) electrons. The van der Waals surface area contributed by atoms with Gasteiger partial charge in [-0.25, -0.2) is 4.57 Å². The van der Waals surface area contributed by atoms with Gasteiger partial charge in [0.05, 0.1) is 0 Å². The summed E-state index contributed by atoms with van der Waals surface area (Å²) in [6.07, 6.45) is 8.18. The smallest absolute Gasteiger partial charge is 0.204 e. The molecular formula is C18H21N2+. The fraction of sp³-hybridized carbons (Fsp3) is 0.167. The Morgan fingerprint density at radius 2 is 1.60 bits per heavy atom. The van der Waals surface area contributed by atoms with Gasteiger partial charge in [-0.2, -0.15) is 0 Å². The van der Waals surface area contributed by atoms with Crippen molar-refractivity contribution >= 4 is 23.9 Å². The number of benzene rings is 1. The van der Waals surface area contributed by atoms with Crippen molar-refractivity contribution in [2.45, 2.75) is 0 Å². The quantitative estimate of drug-likeness (QED) is 0.769. The summed E-state index contributed by atoms with van der Waals surface area (Å²) < 4.78 is 2.10. The van der Waals surface area contributed by atoms with E-state index >= 15 is 0 Å². The Hall–Kier alpha value is -2.35. The van der Waals surface area contributed by atoms with Gasteiger partial charge in [-0.15, -0.1) is 0 Å². The number of hydrogen-bond donors (Lipinski definition) is 0. The predicted octanol–water partition coefficient (Wildman–Crippen LogP) is 3.39. The zero-order valence-corrected chi connectivity index (χ0v) is 12.4. The molecule has 0 aliphatic rings. The highest BCUT2D eigenvalue weighted by molar-refractivity contribution is 5.68. The summed E-state index contributed by atoms with van der Waals surface area (Å²) in [5, 5.41) is 0. The summed E-state index contributed by atoms with van der Waals surface area (Å²) in [7, 11) is 6.14. The molecule has 0 saturated carbocycles. The average Bonchev–Trinajstić information content (AvgIpc) is 2.46. The van der Waals surface area contributed by atoms with Gasteiger partial charge in [0.25, 0.3) is 0 Å². The molecule has 0 atom stereocenters. The molecule has 0 amide bonds. The van der Waals surface area contributed by atoms with Crippen LogP contribution in [0.2, 0.25) is 0 Å². The van der Waals surface area contributed by atoms with E-state index in [1.807, 2.05) is 27.2 Å². The summed E-state index contributed by atoms with van der Waals surface area (Å²) in [4.78, 5) is 2.10. The van der Waals surface area contributed by atoms with Crippen LogP contribution in [-0.4, -0.2) is 14.1 Å². The Labute approximate surface area is 121 Å². The molecule has 2 aromatic rings. The monoisotopic (exact) mass is 265 g/mol. The van der Waals surface area contributed by atoms with Crippen molar-refractivity contribution in [3.05, 3.63) is 66.0 Å². The maximum Gasteiger partial charge on any atom is 0.204 e. The predicted molar refractivity (Wildman–Crippen MR) is 87.4 cm³/mol. The van der Waals surface area contributed by atoms with Gasteiger partial charge in [0.15, 0.2) is 6.20 Å². The molecule has 0 bridgehead atoms. The van der Waals surface area contributed by atoms with E-state index in [4.69, 9.17) is 0 Å². The fourth-order valence-corrected chi connectivity index (χ4v) is 2.00. The Bertz CT molecular complexity index is 622. The summed E-state index contributed by atoms with van der Waals surface area (Å²) in [5.74, 6) is 0. The molecule has 2 nitrogen and oxygen atoms in total. The third kappa shape index (κ3) is 3.35. The third-order valence-electron chi connectivity index (χ3n) is 3.29. The lowest BCUT2D eigenvalue weighted by Gasteiger charge is -2.11. The number of anilines is 1.